The Hall–Kier alpha value is -2.46. The largest absolute Gasteiger partial charge is 0.497 e. The van der Waals surface area contributed by atoms with E-state index < -0.39 is 33.8 Å². The Morgan fingerprint density at radius 3 is 2.52 bits per heavy atom. The molecule has 2 atom stereocenters. The topological polar surface area (TPSA) is 136 Å². The van der Waals surface area contributed by atoms with Crippen molar-refractivity contribution in [1.82, 2.24) is 9.62 Å². The van der Waals surface area contributed by atoms with Gasteiger partial charge in [-0.3, -0.25) is 14.4 Å². The summed E-state index contributed by atoms with van der Waals surface area (Å²) < 4.78 is 32.4. The van der Waals surface area contributed by atoms with Crippen LogP contribution in [0.5, 0.6) is 5.75 Å². The van der Waals surface area contributed by atoms with Gasteiger partial charge in [0.15, 0.2) is 5.78 Å². The van der Waals surface area contributed by atoms with Crippen LogP contribution in [0.25, 0.3) is 0 Å². The van der Waals surface area contributed by atoms with Gasteiger partial charge in [-0.2, -0.15) is 0 Å². The summed E-state index contributed by atoms with van der Waals surface area (Å²) in [6.07, 6.45) is 0.518. The zero-order chi connectivity index (χ0) is 21.6. The first-order valence-electron chi connectivity index (χ1n) is 9.40. The van der Waals surface area contributed by atoms with Gasteiger partial charge in [0.05, 0.1) is 18.6 Å². The SMILES string of the molecule is COc1ccc(S(=O)(=O)N(C(=O)C[C@@H](C)CC(N)=O)C2CCCNCC2=O)cc1. The van der Waals surface area contributed by atoms with Crippen LogP contribution < -0.4 is 15.8 Å². The minimum Gasteiger partial charge on any atom is -0.497 e. The summed E-state index contributed by atoms with van der Waals surface area (Å²) >= 11 is 0. The second-order valence-electron chi connectivity index (χ2n) is 7.15. The molecule has 10 heteroatoms. The van der Waals surface area contributed by atoms with Crippen molar-refractivity contribution in [3.8, 4) is 5.75 Å². The molecular weight excluding hydrogens is 398 g/mol. The number of hydrogen-bond donors (Lipinski definition) is 2. The Labute approximate surface area is 170 Å². The lowest BCUT2D eigenvalue weighted by atomic mass is 10.0. The number of benzene rings is 1. The molecule has 0 aromatic heterocycles. The van der Waals surface area contributed by atoms with Crippen molar-refractivity contribution >= 4 is 27.6 Å². The first-order chi connectivity index (χ1) is 13.7. The van der Waals surface area contributed by atoms with Crippen molar-refractivity contribution in [2.24, 2.45) is 11.7 Å². The molecule has 2 amide bonds. The third-order valence-electron chi connectivity index (χ3n) is 4.72. The number of methoxy groups -OCH3 is 1. The number of ketones is 1. The number of carbonyl (C=O) groups is 3. The van der Waals surface area contributed by atoms with Crippen LogP contribution in [-0.4, -0.2) is 56.6 Å². The van der Waals surface area contributed by atoms with Crippen LogP contribution in [0, 0.1) is 5.92 Å². The van der Waals surface area contributed by atoms with Gasteiger partial charge in [-0.05, 0) is 49.6 Å². The van der Waals surface area contributed by atoms with Gasteiger partial charge in [-0.25, -0.2) is 12.7 Å². The highest BCUT2D eigenvalue weighted by Gasteiger charge is 2.39. The number of nitrogens with zero attached hydrogens (tertiary/aromatic N) is 1. The molecule has 3 N–H and O–H groups in total. The molecular formula is C19H27N3O6S. The Morgan fingerprint density at radius 1 is 1.28 bits per heavy atom. The van der Waals surface area contributed by atoms with E-state index in [-0.39, 0.29) is 36.5 Å². The van der Waals surface area contributed by atoms with Gasteiger partial charge in [0, 0.05) is 12.8 Å². The van der Waals surface area contributed by atoms with E-state index in [1.165, 1.54) is 31.4 Å². The van der Waals surface area contributed by atoms with Gasteiger partial charge >= 0.3 is 0 Å². The Morgan fingerprint density at radius 2 is 1.93 bits per heavy atom. The standard InChI is InChI=1S/C19H27N3O6S/c1-13(10-18(20)24)11-19(25)22(16-4-3-9-21-12-17(16)23)29(26,27)15-7-5-14(28-2)6-8-15/h5-8,13,16,21H,3-4,9-12H2,1-2H3,(H2,20,24)/t13-,16?/m0/s1. The molecule has 1 saturated heterocycles. The van der Waals surface area contributed by atoms with Gasteiger partial charge in [-0.1, -0.05) is 6.92 Å². The minimum atomic E-state index is -4.28. The second kappa shape index (κ2) is 9.84. The predicted octanol–water partition coefficient (Wildman–Crippen LogP) is 0.435. The molecule has 9 nitrogen and oxygen atoms in total. The molecule has 0 bridgehead atoms. The summed E-state index contributed by atoms with van der Waals surface area (Å²) in [6.45, 7) is 2.19. The van der Waals surface area contributed by atoms with Gasteiger partial charge in [0.2, 0.25) is 11.8 Å². The van der Waals surface area contributed by atoms with Crippen LogP contribution in [0.1, 0.15) is 32.6 Å². The van der Waals surface area contributed by atoms with Gasteiger partial charge in [0.1, 0.15) is 11.8 Å². The van der Waals surface area contributed by atoms with Gasteiger partial charge < -0.3 is 15.8 Å². The molecule has 2 rings (SSSR count). The van der Waals surface area contributed by atoms with Crippen molar-refractivity contribution in [3.05, 3.63) is 24.3 Å². The fraction of sp³-hybridized carbons (Fsp3) is 0.526. The van der Waals surface area contributed by atoms with E-state index >= 15 is 0 Å². The van der Waals surface area contributed by atoms with Crippen molar-refractivity contribution in [3.63, 3.8) is 0 Å². The maximum Gasteiger partial charge on any atom is 0.267 e. The van der Waals surface area contributed by atoms with E-state index in [9.17, 15) is 22.8 Å². The maximum absolute atomic E-state index is 13.3. The van der Waals surface area contributed by atoms with E-state index in [0.29, 0.717) is 23.0 Å². The van der Waals surface area contributed by atoms with E-state index in [2.05, 4.69) is 5.32 Å². The number of carbonyl (C=O) groups excluding carboxylic acids is 3. The number of primary amides is 1. The third-order valence-corrected chi connectivity index (χ3v) is 6.56. The highest BCUT2D eigenvalue weighted by atomic mass is 32.2. The van der Waals surface area contributed by atoms with E-state index in [1.54, 1.807) is 6.92 Å². The van der Waals surface area contributed by atoms with Crippen LogP contribution in [0.2, 0.25) is 0 Å². The molecule has 1 aliphatic heterocycles. The van der Waals surface area contributed by atoms with E-state index in [0.717, 1.165) is 0 Å². The number of rotatable bonds is 8. The summed E-state index contributed by atoms with van der Waals surface area (Å²) in [6, 6.07) is 4.52. The molecule has 0 radical (unpaired) electrons. The van der Waals surface area contributed by atoms with Crippen LogP contribution in [0.3, 0.4) is 0 Å². The third kappa shape index (κ3) is 5.77. The Kier molecular flexibility index (Phi) is 7.74. The summed E-state index contributed by atoms with van der Waals surface area (Å²) in [7, 11) is -2.83. The lowest BCUT2D eigenvalue weighted by Gasteiger charge is -2.30. The summed E-state index contributed by atoms with van der Waals surface area (Å²) in [5.74, 6) is -1.66. The van der Waals surface area contributed by atoms with Crippen molar-refractivity contribution in [1.29, 1.82) is 0 Å². The number of Topliss-reactive ketones (excluding diaryl/α,β-unsaturated/α-hetero) is 1. The fourth-order valence-corrected chi connectivity index (χ4v) is 4.91. The number of ether oxygens (including phenoxy) is 1. The molecule has 1 heterocycles. The van der Waals surface area contributed by atoms with Gasteiger partial charge in [0.25, 0.3) is 10.0 Å². The van der Waals surface area contributed by atoms with Crippen LogP contribution in [-0.2, 0) is 24.4 Å². The number of sulfonamides is 1. The molecule has 160 valence electrons. The molecule has 0 saturated carbocycles. The molecule has 1 aromatic rings. The minimum absolute atomic E-state index is 0.0105. The molecule has 1 aliphatic rings. The highest BCUT2D eigenvalue weighted by Crippen LogP contribution is 2.26. The smallest absolute Gasteiger partial charge is 0.267 e. The van der Waals surface area contributed by atoms with E-state index in [1.807, 2.05) is 0 Å². The summed E-state index contributed by atoms with van der Waals surface area (Å²) in [4.78, 5) is 36.7. The molecule has 29 heavy (non-hydrogen) atoms. The predicted molar refractivity (Wildman–Crippen MR) is 106 cm³/mol. The van der Waals surface area contributed by atoms with Crippen LogP contribution in [0.4, 0.5) is 0 Å². The average Bonchev–Trinajstić information content (AvgIpc) is 2.85. The molecule has 0 aliphatic carbocycles. The number of nitrogens with two attached hydrogens (primary N) is 1. The molecule has 0 spiro atoms. The van der Waals surface area contributed by atoms with Gasteiger partial charge in [-0.15, -0.1) is 0 Å². The van der Waals surface area contributed by atoms with Crippen molar-refractivity contribution in [2.75, 3.05) is 20.2 Å². The quantitative estimate of drug-likeness (QED) is 0.616. The molecule has 1 aromatic carbocycles. The van der Waals surface area contributed by atoms with Crippen molar-refractivity contribution in [2.45, 2.75) is 43.5 Å². The van der Waals surface area contributed by atoms with Crippen molar-refractivity contribution < 1.29 is 27.5 Å². The van der Waals surface area contributed by atoms with E-state index in [4.69, 9.17) is 10.5 Å². The average molecular weight is 426 g/mol. The normalized spacial score (nSPS) is 18.6. The summed E-state index contributed by atoms with van der Waals surface area (Å²) in [5.41, 5.74) is 5.18. The molecule has 1 fully saturated rings. The Bertz CT molecular complexity index is 853. The Balaban J connectivity index is 2.42. The first kappa shape index (κ1) is 22.8. The lowest BCUT2D eigenvalue weighted by Crippen LogP contribution is -2.50. The number of amides is 2. The lowest BCUT2D eigenvalue weighted by molar-refractivity contribution is -0.134. The van der Waals surface area contributed by atoms with Crippen LogP contribution in [0.15, 0.2) is 29.2 Å². The fourth-order valence-electron chi connectivity index (χ4n) is 3.30. The maximum atomic E-state index is 13.3. The number of hydrogen-bond acceptors (Lipinski definition) is 7. The monoisotopic (exact) mass is 425 g/mol. The molecule has 1 unspecified atom stereocenters. The zero-order valence-electron chi connectivity index (χ0n) is 16.6. The zero-order valence-corrected chi connectivity index (χ0v) is 17.4. The highest BCUT2D eigenvalue weighted by molar-refractivity contribution is 7.89. The second-order valence-corrected chi connectivity index (χ2v) is 8.97. The first-order valence-corrected chi connectivity index (χ1v) is 10.8. The summed E-state index contributed by atoms with van der Waals surface area (Å²) in [5, 5.41) is 2.93. The number of nitrogens with one attached hydrogen (secondary N) is 1. The van der Waals surface area contributed by atoms with Crippen LogP contribution >= 0.6 is 0 Å².